The first-order valence-corrected chi connectivity index (χ1v) is 7.38. The number of nitrogens with two attached hydrogens (primary N) is 1. The topological polar surface area (TPSA) is 72.2 Å². The lowest BCUT2D eigenvalue weighted by Crippen LogP contribution is -2.35. The second kappa shape index (κ2) is 7.10. The molecule has 0 saturated heterocycles. The molecule has 0 radical (unpaired) electrons. The number of primary amides is 1. The van der Waals surface area contributed by atoms with Crippen molar-refractivity contribution in [3.63, 3.8) is 0 Å². The van der Waals surface area contributed by atoms with Crippen molar-refractivity contribution >= 4 is 23.5 Å². The van der Waals surface area contributed by atoms with E-state index < -0.39 is 46.0 Å². The number of carbonyl (C=O) groups is 2. The van der Waals surface area contributed by atoms with E-state index in [-0.39, 0.29) is 17.2 Å². The van der Waals surface area contributed by atoms with E-state index in [1.54, 1.807) is 5.32 Å². The van der Waals surface area contributed by atoms with Gasteiger partial charge in [-0.2, -0.15) is 26.3 Å². The van der Waals surface area contributed by atoms with E-state index in [0.717, 1.165) is 12.1 Å². The van der Waals surface area contributed by atoms with E-state index in [9.17, 15) is 35.9 Å². The standard InChI is InChI=1S/C16H9ClF6N2O2/c17-12-10(5-7(15(18,19)20)6-11(12)16(21,22)23)8-3-1-2-4-9(8)13(26)25-14(24)27/h1-6H,(H3,24,25,26,27). The minimum atomic E-state index is -5.17. The van der Waals surface area contributed by atoms with Crippen LogP contribution in [0.15, 0.2) is 36.4 Å². The number of alkyl halides is 6. The van der Waals surface area contributed by atoms with E-state index in [4.69, 9.17) is 17.3 Å². The Hall–Kier alpha value is -2.75. The van der Waals surface area contributed by atoms with Crippen LogP contribution in [0, 0.1) is 0 Å². The SMILES string of the molecule is NC(=O)NC(=O)c1ccccc1-c1cc(C(F)(F)F)cc(C(F)(F)F)c1Cl. The molecule has 0 aliphatic rings. The number of benzene rings is 2. The van der Waals surface area contributed by atoms with Gasteiger partial charge in [-0.3, -0.25) is 10.1 Å². The zero-order valence-corrected chi connectivity index (χ0v) is 13.8. The van der Waals surface area contributed by atoms with Crippen molar-refractivity contribution in [2.45, 2.75) is 12.4 Å². The third kappa shape index (κ3) is 4.51. The third-order valence-corrected chi connectivity index (χ3v) is 3.81. The van der Waals surface area contributed by atoms with Crippen LogP contribution in [0.4, 0.5) is 31.1 Å². The molecule has 0 atom stereocenters. The quantitative estimate of drug-likeness (QED) is 0.694. The summed E-state index contributed by atoms with van der Waals surface area (Å²) in [4.78, 5) is 22.9. The predicted octanol–water partition coefficient (Wildman–Crippen LogP) is 4.85. The smallest absolute Gasteiger partial charge is 0.351 e. The summed E-state index contributed by atoms with van der Waals surface area (Å²) in [5.41, 5.74) is 0.119. The first-order valence-electron chi connectivity index (χ1n) is 7.00. The van der Waals surface area contributed by atoms with Crippen molar-refractivity contribution in [3.8, 4) is 11.1 Å². The van der Waals surface area contributed by atoms with Gasteiger partial charge >= 0.3 is 18.4 Å². The Morgan fingerprint density at radius 2 is 1.52 bits per heavy atom. The lowest BCUT2D eigenvalue weighted by Gasteiger charge is -2.18. The van der Waals surface area contributed by atoms with Crippen LogP contribution in [0.3, 0.4) is 0 Å². The maximum absolute atomic E-state index is 13.2. The molecule has 0 unspecified atom stereocenters. The van der Waals surface area contributed by atoms with Gasteiger partial charge in [-0.25, -0.2) is 4.79 Å². The normalized spacial score (nSPS) is 12.0. The Bertz CT molecular complexity index is 909. The van der Waals surface area contributed by atoms with Gasteiger partial charge in [0.25, 0.3) is 5.91 Å². The van der Waals surface area contributed by atoms with Crippen LogP contribution in [0.2, 0.25) is 5.02 Å². The van der Waals surface area contributed by atoms with Gasteiger partial charge in [-0.05, 0) is 23.8 Å². The Kier molecular flexibility index (Phi) is 5.41. The zero-order chi connectivity index (χ0) is 20.6. The number of nitrogens with one attached hydrogen (secondary N) is 1. The molecule has 0 aliphatic heterocycles. The van der Waals surface area contributed by atoms with E-state index in [1.807, 2.05) is 0 Å². The molecule has 11 heteroatoms. The fraction of sp³-hybridized carbons (Fsp3) is 0.125. The van der Waals surface area contributed by atoms with Gasteiger partial charge in [0.1, 0.15) is 0 Å². The fourth-order valence-corrected chi connectivity index (χ4v) is 2.60. The highest BCUT2D eigenvalue weighted by Crippen LogP contribution is 2.44. The van der Waals surface area contributed by atoms with Gasteiger partial charge in [0.2, 0.25) is 0 Å². The van der Waals surface area contributed by atoms with Crippen molar-refractivity contribution in [1.82, 2.24) is 5.32 Å². The average Bonchev–Trinajstić information content (AvgIpc) is 2.52. The number of hydrogen-bond acceptors (Lipinski definition) is 2. The second-order valence-corrected chi connectivity index (χ2v) is 5.62. The highest BCUT2D eigenvalue weighted by atomic mass is 35.5. The monoisotopic (exact) mass is 410 g/mol. The molecule has 0 fully saturated rings. The number of hydrogen-bond donors (Lipinski definition) is 2. The number of urea groups is 1. The van der Waals surface area contributed by atoms with Gasteiger partial charge in [-0.1, -0.05) is 29.8 Å². The van der Waals surface area contributed by atoms with Crippen molar-refractivity contribution in [2.75, 3.05) is 0 Å². The molecule has 2 rings (SSSR count). The Labute approximate surface area is 152 Å². The Morgan fingerprint density at radius 1 is 0.926 bits per heavy atom. The summed E-state index contributed by atoms with van der Waals surface area (Å²) in [5.74, 6) is -1.11. The summed E-state index contributed by atoms with van der Waals surface area (Å²) in [7, 11) is 0. The largest absolute Gasteiger partial charge is 0.417 e. The molecule has 0 aromatic heterocycles. The van der Waals surface area contributed by atoms with Crippen LogP contribution in [-0.2, 0) is 12.4 Å². The van der Waals surface area contributed by atoms with Crippen molar-refractivity contribution < 1.29 is 35.9 Å². The summed E-state index contributed by atoms with van der Waals surface area (Å²) in [6.45, 7) is 0. The second-order valence-electron chi connectivity index (χ2n) is 5.24. The minimum Gasteiger partial charge on any atom is -0.351 e. The number of carbonyl (C=O) groups excluding carboxylic acids is 2. The zero-order valence-electron chi connectivity index (χ0n) is 13.0. The first kappa shape index (κ1) is 20.6. The van der Waals surface area contributed by atoms with Gasteiger partial charge in [0.15, 0.2) is 0 Å². The summed E-state index contributed by atoms with van der Waals surface area (Å²) < 4.78 is 78.6. The lowest BCUT2D eigenvalue weighted by molar-refractivity contribution is -0.142. The van der Waals surface area contributed by atoms with Gasteiger partial charge in [0.05, 0.1) is 16.1 Å². The van der Waals surface area contributed by atoms with E-state index in [1.165, 1.54) is 12.1 Å². The molecule has 4 nitrogen and oxygen atoms in total. The fourth-order valence-electron chi connectivity index (χ4n) is 2.29. The van der Waals surface area contributed by atoms with Crippen LogP contribution in [0.5, 0.6) is 0 Å². The molecule has 2 aromatic carbocycles. The number of rotatable bonds is 2. The first-order chi connectivity index (χ1) is 12.3. The molecule has 0 saturated carbocycles. The summed E-state index contributed by atoms with van der Waals surface area (Å²) in [6.07, 6.45) is -10.3. The Morgan fingerprint density at radius 3 is 2.04 bits per heavy atom. The third-order valence-electron chi connectivity index (χ3n) is 3.40. The molecule has 27 heavy (non-hydrogen) atoms. The van der Waals surface area contributed by atoms with Gasteiger partial charge in [-0.15, -0.1) is 0 Å². The summed E-state index contributed by atoms with van der Waals surface area (Å²) in [5, 5.41) is 0.672. The maximum atomic E-state index is 13.2. The number of amides is 3. The van der Waals surface area contributed by atoms with Crippen LogP contribution < -0.4 is 11.1 Å². The van der Waals surface area contributed by atoms with Crippen molar-refractivity contribution in [3.05, 3.63) is 58.1 Å². The molecule has 0 bridgehead atoms. The molecule has 0 spiro atoms. The maximum Gasteiger partial charge on any atom is 0.417 e. The molecule has 3 amide bonds. The number of imide groups is 1. The van der Waals surface area contributed by atoms with Gasteiger partial charge < -0.3 is 5.73 Å². The van der Waals surface area contributed by atoms with Crippen molar-refractivity contribution in [2.24, 2.45) is 5.73 Å². The lowest BCUT2D eigenvalue weighted by atomic mass is 9.95. The van der Waals surface area contributed by atoms with Crippen LogP contribution in [0.1, 0.15) is 21.5 Å². The molecule has 144 valence electrons. The summed E-state index contributed by atoms with van der Waals surface area (Å²) >= 11 is 5.72. The Balaban J connectivity index is 2.80. The van der Waals surface area contributed by atoms with Crippen LogP contribution in [0.25, 0.3) is 11.1 Å². The van der Waals surface area contributed by atoms with E-state index >= 15 is 0 Å². The van der Waals surface area contributed by atoms with Crippen LogP contribution >= 0.6 is 11.6 Å². The summed E-state index contributed by atoms with van der Waals surface area (Å²) in [6, 6.07) is 3.80. The minimum absolute atomic E-state index is 0.113. The molecule has 0 aliphatic carbocycles. The highest BCUT2D eigenvalue weighted by Gasteiger charge is 2.39. The van der Waals surface area contributed by atoms with E-state index in [2.05, 4.69) is 0 Å². The molecular formula is C16H9ClF6N2O2. The number of halogens is 7. The van der Waals surface area contributed by atoms with Crippen molar-refractivity contribution in [1.29, 1.82) is 0 Å². The molecular weight excluding hydrogens is 402 g/mol. The van der Waals surface area contributed by atoms with E-state index in [0.29, 0.717) is 6.07 Å². The molecule has 0 heterocycles. The van der Waals surface area contributed by atoms with Crippen LogP contribution in [-0.4, -0.2) is 11.9 Å². The average molecular weight is 411 g/mol. The molecule has 3 N–H and O–H groups in total. The highest BCUT2D eigenvalue weighted by molar-refractivity contribution is 6.34. The predicted molar refractivity (Wildman–Crippen MR) is 83.9 cm³/mol. The van der Waals surface area contributed by atoms with Gasteiger partial charge in [0, 0.05) is 11.1 Å². The molecule has 2 aromatic rings.